The number of aromatic nitrogens is 1. The summed E-state index contributed by atoms with van der Waals surface area (Å²) in [6, 6.07) is 9.68. The first-order valence-electron chi connectivity index (χ1n) is 9.83. The van der Waals surface area contributed by atoms with Gasteiger partial charge in [-0.1, -0.05) is 0 Å². The Morgan fingerprint density at radius 1 is 1.23 bits per heavy atom. The van der Waals surface area contributed by atoms with Gasteiger partial charge in [-0.25, -0.2) is 9.18 Å². The molecule has 1 unspecified atom stereocenters. The summed E-state index contributed by atoms with van der Waals surface area (Å²) in [5.41, 5.74) is 3.56. The Kier molecular flexibility index (Phi) is 5.35. The van der Waals surface area contributed by atoms with Gasteiger partial charge >= 0.3 is 6.03 Å². The molecular weight excluding hydrogens is 385 g/mol. The van der Waals surface area contributed by atoms with E-state index < -0.39 is 0 Å². The number of hydrogen-bond donors (Lipinski definition) is 3. The Hall–Kier alpha value is -3.48. The van der Waals surface area contributed by atoms with Crippen LogP contribution in [0.5, 0.6) is 5.75 Å². The number of carbonyl (C=O) groups is 1. The van der Waals surface area contributed by atoms with Gasteiger partial charge in [-0.05, 0) is 62.2 Å². The van der Waals surface area contributed by atoms with Gasteiger partial charge in [-0.2, -0.15) is 0 Å². The molecule has 2 aromatic heterocycles. The van der Waals surface area contributed by atoms with E-state index in [4.69, 9.17) is 9.15 Å². The third kappa shape index (κ3) is 3.83. The van der Waals surface area contributed by atoms with Crippen LogP contribution in [0.25, 0.3) is 21.9 Å². The summed E-state index contributed by atoms with van der Waals surface area (Å²) in [5, 5.41) is 7.56. The van der Waals surface area contributed by atoms with E-state index in [1.165, 1.54) is 12.1 Å². The van der Waals surface area contributed by atoms with Crippen LogP contribution in [-0.2, 0) is 6.42 Å². The Morgan fingerprint density at radius 3 is 2.87 bits per heavy atom. The number of aryl methyl sites for hydroxylation is 1. The number of ether oxygens (including phenoxy) is 1. The van der Waals surface area contributed by atoms with Gasteiger partial charge in [0, 0.05) is 34.6 Å². The highest BCUT2D eigenvalue weighted by Crippen LogP contribution is 2.31. The van der Waals surface area contributed by atoms with E-state index in [2.05, 4.69) is 15.6 Å². The molecule has 30 heavy (non-hydrogen) atoms. The summed E-state index contributed by atoms with van der Waals surface area (Å²) in [6.45, 7) is 4.27. The van der Waals surface area contributed by atoms with Gasteiger partial charge in [-0.3, -0.25) is 0 Å². The van der Waals surface area contributed by atoms with Crippen molar-refractivity contribution in [3.05, 3.63) is 65.3 Å². The number of urea groups is 1. The zero-order valence-electron chi connectivity index (χ0n) is 17.1. The summed E-state index contributed by atoms with van der Waals surface area (Å²) in [4.78, 5) is 15.5. The molecule has 3 N–H and O–H groups in total. The van der Waals surface area contributed by atoms with Crippen molar-refractivity contribution in [3.8, 4) is 5.75 Å². The minimum Gasteiger partial charge on any atom is -0.497 e. The molecule has 4 rings (SSSR count). The molecule has 0 saturated carbocycles. The predicted molar refractivity (Wildman–Crippen MR) is 114 cm³/mol. The molecule has 6 nitrogen and oxygen atoms in total. The van der Waals surface area contributed by atoms with Crippen molar-refractivity contribution >= 4 is 27.9 Å². The maximum Gasteiger partial charge on any atom is 0.315 e. The van der Waals surface area contributed by atoms with E-state index in [9.17, 15) is 9.18 Å². The minimum atomic E-state index is -0.300. The van der Waals surface area contributed by atoms with Crippen LogP contribution in [0.3, 0.4) is 0 Å². The smallest absolute Gasteiger partial charge is 0.315 e. The molecule has 0 aliphatic rings. The first-order valence-corrected chi connectivity index (χ1v) is 9.83. The van der Waals surface area contributed by atoms with Crippen molar-refractivity contribution < 1.29 is 18.3 Å². The number of aromatic amines is 1. The number of H-pyrrole nitrogens is 1. The molecular formula is C23H24FN3O3. The van der Waals surface area contributed by atoms with Gasteiger partial charge in [0.15, 0.2) is 0 Å². The van der Waals surface area contributed by atoms with Crippen LogP contribution < -0.4 is 15.4 Å². The second-order valence-electron chi connectivity index (χ2n) is 7.33. The lowest BCUT2D eigenvalue weighted by Crippen LogP contribution is -2.38. The van der Waals surface area contributed by atoms with Gasteiger partial charge in [0.25, 0.3) is 0 Å². The monoisotopic (exact) mass is 409 g/mol. The third-order valence-electron chi connectivity index (χ3n) is 5.33. The quantitative estimate of drug-likeness (QED) is 0.421. The van der Waals surface area contributed by atoms with Crippen LogP contribution in [0.1, 0.15) is 29.9 Å². The number of carbonyl (C=O) groups excluding carboxylic acids is 1. The summed E-state index contributed by atoms with van der Waals surface area (Å²) in [5.74, 6) is 1.19. The van der Waals surface area contributed by atoms with Crippen molar-refractivity contribution in [3.63, 3.8) is 0 Å². The van der Waals surface area contributed by atoms with Gasteiger partial charge < -0.3 is 24.8 Å². The second-order valence-corrected chi connectivity index (χ2v) is 7.33. The Bertz CT molecular complexity index is 1210. The largest absolute Gasteiger partial charge is 0.497 e. The zero-order chi connectivity index (χ0) is 21.3. The third-order valence-corrected chi connectivity index (χ3v) is 5.33. The molecule has 0 spiro atoms. The molecule has 0 bridgehead atoms. The number of halogens is 1. The zero-order valence-corrected chi connectivity index (χ0v) is 17.1. The van der Waals surface area contributed by atoms with Gasteiger partial charge in [0.05, 0.1) is 13.2 Å². The lowest BCUT2D eigenvalue weighted by Gasteiger charge is -2.13. The number of nitrogens with one attached hydrogen (secondary N) is 3. The van der Waals surface area contributed by atoms with Crippen LogP contribution in [0.2, 0.25) is 0 Å². The van der Waals surface area contributed by atoms with Crippen LogP contribution in [-0.4, -0.2) is 24.7 Å². The standard InChI is InChI=1S/C23H24FN3O3/c1-13-18-11-17(29-3)5-7-21(18)30-22(13)14(2)27-23(28)25-9-8-15-12-26-20-6-4-16(24)10-19(15)20/h4-7,10-12,14,26H,8-9H2,1-3H3,(H2,25,27,28). The molecule has 0 aliphatic heterocycles. The molecule has 156 valence electrons. The average molecular weight is 409 g/mol. The summed E-state index contributed by atoms with van der Waals surface area (Å²) >= 11 is 0. The molecule has 7 heteroatoms. The highest BCUT2D eigenvalue weighted by atomic mass is 19.1. The van der Waals surface area contributed by atoms with Crippen molar-refractivity contribution in [2.45, 2.75) is 26.3 Å². The summed E-state index contributed by atoms with van der Waals surface area (Å²) in [7, 11) is 1.62. The number of amides is 2. The van der Waals surface area contributed by atoms with Crippen LogP contribution >= 0.6 is 0 Å². The fourth-order valence-electron chi connectivity index (χ4n) is 3.74. The number of fused-ring (bicyclic) bond motifs is 2. The van der Waals surface area contributed by atoms with Crippen molar-refractivity contribution in [1.29, 1.82) is 0 Å². The van der Waals surface area contributed by atoms with E-state index >= 15 is 0 Å². The van der Waals surface area contributed by atoms with E-state index in [0.29, 0.717) is 18.7 Å². The first kappa shape index (κ1) is 19.8. The van der Waals surface area contributed by atoms with Gasteiger partial charge in [0.2, 0.25) is 0 Å². The highest BCUT2D eigenvalue weighted by molar-refractivity contribution is 5.84. The Balaban J connectivity index is 1.37. The Labute approximate surface area is 173 Å². The van der Waals surface area contributed by atoms with E-state index in [1.807, 2.05) is 38.2 Å². The second kappa shape index (κ2) is 8.10. The van der Waals surface area contributed by atoms with E-state index in [0.717, 1.165) is 38.7 Å². The summed E-state index contributed by atoms with van der Waals surface area (Å²) < 4.78 is 24.7. The van der Waals surface area contributed by atoms with Crippen molar-refractivity contribution in [2.75, 3.05) is 13.7 Å². The fraction of sp³-hybridized carbons (Fsp3) is 0.261. The molecule has 4 aromatic rings. The van der Waals surface area contributed by atoms with Crippen molar-refractivity contribution in [2.24, 2.45) is 0 Å². The fourth-order valence-corrected chi connectivity index (χ4v) is 3.74. The molecule has 0 fully saturated rings. The van der Waals surface area contributed by atoms with Gasteiger partial charge in [-0.15, -0.1) is 0 Å². The topological polar surface area (TPSA) is 79.3 Å². The first-order chi connectivity index (χ1) is 14.5. The molecule has 0 saturated heterocycles. The average Bonchev–Trinajstić information content (AvgIpc) is 3.28. The molecule has 2 amide bonds. The SMILES string of the molecule is COc1ccc2oc(C(C)NC(=O)NCCc3c[nH]c4ccc(F)cc34)c(C)c2c1. The normalized spacial score (nSPS) is 12.3. The maximum absolute atomic E-state index is 13.5. The molecule has 0 aliphatic carbocycles. The number of benzene rings is 2. The lowest BCUT2D eigenvalue weighted by atomic mass is 10.1. The number of methoxy groups -OCH3 is 1. The van der Waals surface area contributed by atoms with Crippen LogP contribution in [0, 0.1) is 12.7 Å². The van der Waals surface area contributed by atoms with Gasteiger partial charge in [0.1, 0.15) is 22.9 Å². The molecule has 2 heterocycles. The number of furan rings is 1. The number of hydrogen-bond acceptors (Lipinski definition) is 3. The lowest BCUT2D eigenvalue weighted by molar-refractivity contribution is 0.236. The van der Waals surface area contributed by atoms with Crippen LogP contribution in [0.15, 0.2) is 47.0 Å². The predicted octanol–water partition coefficient (Wildman–Crippen LogP) is 4.97. The Morgan fingerprint density at radius 2 is 2.07 bits per heavy atom. The molecule has 1 atom stereocenters. The minimum absolute atomic E-state index is 0.276. The molecule has 0 radical (unpaired) electrons. The van der Waals surface area contributed by atoms with Crippen molar-refractivity contribution in [1.82, 2.24) is 15.6 Å². The van der Waals surface area contributed by atoms with E-state index in [-0.39, 0.29) is 17.9 Å². The molecule has 2 aromatic carbocycles. The highest BCUT2D eigenvalue weighted by Gasteiger charge is 2.19. The number of rotatable bonds is 6. The van der Waals surface area contributed by atoms with E-state index in [1.54, 1.807) is 13.2 Å². The maximum atomic E-state index is 13.5. The summed E-state index contributed by atoms with van der Waals surface area (Å²) in [6.07, 6.45) is 2.44. The van der Waals surface area contributed by atoms with Crippen LogP contribution in [0.4, 0.5) is 9.18 Å².